The predicted octanol–water partition coefficient (Wildman–Crippen LogP) is 3.26. The average molecular weight is 292 g/mol. The van der Waals surface area contributed by atoms with Gasteiger partial charge in [0, 0.05) is 17.3 Å². The normalized spacial score (nSPS) is 9.75. The molecular weight excluding hydrogens is 286 g/mol. The second kappa shape index (κ2) is 5.10. The van der Waals surface area contributed by atoms with Crippen LogP contribution in [0.25, 0.3) is 0 Å². The average Bonchev–Trinajstić information content (AvgIpc) is 2.33. The maximum Gasteiger partial charge on any atom is 0.140 e. The van der Waals surface area contributed by atoms with Gasteiger partial charge in [-0.3, -0.25) is 0 Å². The topological polar surface area (TPSA) is 49.6 Å². The molecule has 78 valence electrons. The molecule has 0 radical (unpaired) electrons. The summed E-state index contributed by atoms with van der Waals surface area (Å²) < 4.78 is 0.948. The van der Waals surface area contributed by atoms with Gasteiger partial charge in [0.2, 0.25) is 0 Å². The van der Waals surface area contributed by atoms with Gasteiger partial charge in [0.05, 0.1) is 4.47 Å². The fourth-order valence-corrected chi connectivity index (χ4v) is 2.31. The van der Waals surface area contributed by atoms with Crippen molar-refractivity contribution in [3.8, 4) is 6.07 Å². The summed E-state index contributed by atoms with van der Waals surface area (Å²) in [4.78, 5) is 9.19. The lowest BCUT2D eigenvalue weighted by molar-refractivity contribution is 1.10. The summed E-state index contributed by atoms with van der Waals surface area (Å²) in [7, 11) is 0. The number of nitriles is 1. The van der Waals surface area contributed by atoms with Crippen LogP contribution in [0, 0.1) is 11.3 Å². The van der Waals surface area contributed by atoms with Gasteiger partial charge in [-0.15, -0.1) is 0 Å². The molecule has 0 saturated heterocycles. The molecule has 0 aliphatic heterocycles. The lowest BCUT2D eigenvalue weighted by Gasteiger charge is -2.01. The molecule has 0 spiro atoms. The highest BCUT2D eigenvalue weighted by Gasteiger charge is 2.03. The maximum atomic E-state index is 8.62. The van der Waals surface area contributed by atoms with Gasteiger partial charge in [-0.1, -0.05) is 11.8 Å². The van der Waals surface area contributed by atoms with Crippen molar-refractivity contribution in [3.05, 3.63) is 46.8 Å². The van der Waals surface area contributed by atoms with E-state index in [1.54, 1.807) is 18.5 Å². The largest absolute Gasteiger partial charge is 0.248 e. The summed E-state index contributed by atoms with van der Waals surface area (Å²) in [5, 5.41) is 9.51. The first-order valence-electron chi connectivity index (χ1n) is 4.44. The van der Waals surface area contributed by atoms with Crippen LogP contribution >= 0.6 is 27.7 Å². The zero-order valence-corrected chi connectivity index (χ0v) is 10.5. The van der Waals surface area contributed by atoms with Crippen LogP contribution in [0.5, 0.6) is 0 Å². The van der Waals surface area contributed by atoms with Crippen LogP contribution in [0.1, 0.15) is 5.69 Å². The van der Waals surface area contributed by atoms with Gasteiger partial charge in [0.25, 0.3) is 0 Å². The second-order valence-electron chi connectivity index (χ2n) is 2.88. The minimum Gasteiger partial charge on any atom is -0.248 e. The third-order valence-electron chi connectivity index (χ3n) is 1.79. The van der Waals surface area contributed by atoms with Crippen LogP contribution in [0.2, 0.25) is 0 Å². The number of halogens is 1. The van der Waals surface area contributed by atoms with Crippen molar-refractivity contribution in [2.45, 2.75) is 9.92 Å². The van der Waals surface area contributed by atoms with Crippen molar-refractivity contribution in [1.82, 2.24) is 9.97 Å². The Morgan fingerprint density at radius 3 is 2.75 bits per heavy atom. The first kappa shape index (κ1) is 11.1. The number of pyridine rings is 2. The highest BCUT2D eigenvalue weighted by Crippen LogP contribution is 2.30. The number of hydrogen-bond donors (Lipinski definition) is 0. The molecule has 5 heteroatoms. The number of nitrogens with zero attached hydrogens (tertiary/aromatic N) is 3. The molecule has 0 atom stereocenters. The third kappa shape index (κ3) is 2.60. The Kier molecular flexibility index (Phi) is 3.54. The summed E-state index contributed by atoms with van der Waals surface area (Å²) in [6.45, 7) is 0. The Morgan fingerprint density at radius 2 is 2.12 bits per heavy atom. The summed E-state index contributed by atoms with van der Waals surface area (Å²) in [6.07, 6.45) is 3.41. The molecule has 0 saturated carbocycles. The summed E-state index contributed by atoms with van der Waals surface area (Å²) in [6, 6.07) is 9.34. The SMILES string of the molecule is N#Cc1ccc(Sc2ncccc2Br)cn1. The fourth-order valence-electron chi connectivity index (χ4n) is 1.06. The molecule has 0 bridgehead atoms. The Morgan fingerprint density at radius 1 is 1.25 bits per heavy atom. The molecule has 2 aromatic heterocycles. The minimum absolute atomic E-state index is 0.421. The van der Waals surface area contributed by atoms with Crippen LogP contribution in [-0.2, 0) is 0 Å². The zero-order chi connectivity index (χ0) is 11.4. The number of aromatic nitrogens is 2. The van der Waals surface area contributed by atoms with Gasteiger partial charge < -0.3 is 0 Å². The van der Waals surface area contributed by atoms with E-state index < -0.39 is 0 Å². The first-order chi connectivity index (χ1) is 7.79. The van der Waals surface area contributed by atoms with E-state index in [0.29, 0.717) is 5.69 Å². The van der Waals surface area contributed by atoms with Crippen molar-refractivity contribution in [2.24, 2.45) is 0 Å². The highest BCUT2D eigenvalue weighted by atomic mass is 79.9. The van der Waals surface area contributed by atoms with Crippen molar-refractivity contribution < 1.29 is 0 Å². The first-order valence-corrected chi connectivity index (χ1v) is 6.05. The number of hydrogen-bond acceptors (Lipinski definition) is 4. The van der Waals surface area contributed by atoms with E-state index >= 15 is 0 Å². The van der Waals surface area contributed by atoms with E-state index in [0.717, 1.165) is 14.4 Å². The molecule has 0 aliphatic rings. The Hall–Kier alpha value is -1.38. The lowest BCUT2D eigenvalue weighted by atomic mass is 10.4. The van der Waals surface area contributed by atoms with Crippen LogP contribution in [0.4, 0.5) is 0 Å². The minimum atomic E-state index is 0.421. The molecule has 2 aromatic rings. The smallest absolute Gasteiger partial charge is 0.140 e. The lowest BCUT2D eigenvalue weighted by Crippen LogP contribution is -1.84. The van der Waals surface area contributed by atoms with Gasteiger partial charge in [0.1, 0.15) is 16.8 Å². The zero-order valence-electron chi connectivity index (χ0n) is 8.09. The molecule has 0 amide bonds. The van der Waals surface area contributed by atoms with Crippen LogP contribution in [-0.4, -0.2) is 9.97 Å². The van der Waals surface area contributed by atoms with Gasteiger partial charge in [-0.05, 0) is 40.2 Å². The molecule has 0 aliphatic carbocycles. The van der Waals surface area contributed by atoms with E-state index in [9.17, 15) is 0 Å². The molecule has 2 rings (SSSR count). The van der Waals surface area contributed by atoms with Gasteiger partial charge in [-0.25, -0.2) is 9.97 Å². The molecule has 0 N–H and O–H groups in total. The van der Waals surface area contributed by atoms with Crippen molar-refractivity contribution >= 4 is 27.7 Å². The Bertz CT molecular complexity index is 534. The molecule has 0 fully saturated rings. The molecular formula is C11H6BrN3S. The van der Waals surface area contributed by atoms with E-state index in [1.807, 2.05) is 24.3 Å². The summed E-state index contributed by atoms with van der Waals surface area (Å²) >= 11 is 4.93. The molecule has 3 nitrogen and oxygen atoms in total. The predicted molar refractivity (Wildman–Crippen MR) is 65.0 cm³/mol. The second-order valence-corrected chi connectivity index (χ2v) is 4.80. The monoisotopic (exact) mass is 291 g/mol. The summed E-state index contributed by atoms with van der Waals surface area (Å²) in [5.74, 6) is 0. The van der Waals surface area contributed by atoms with Crippen molar-refractivity contribution in [3.63, 3.8) is 0 Å². The van der Waals surface area contributed by atoms with Gasteiger partial charge in [0.15, 0.2) is 0 Å². The molecule has 2 heterocycles. The number of rotatable bonds is 2. The Balaban J connectivity index is 2.22. The Labute approximate surface area is 106 Å². The van der Waals surface area contributed by atoms with Crippen LogP contribution in [0.15, 0.2) is 51.1 Å². The van der Waals surface area contributed by atoms with Crippen LogP contribution < -0.4 is 0 Å². The van der Waals surface area contributed by atoms with Crippen LogP contribution in [0.3, 0.4) is 0 Å². The fraction of sp³-hybridized carbons (Fsp3) is 0. The van der Waals surface area contributed by atoms with Crippen molar-refractivity contribution in [2.75, 3.05) is 0 Å². The van der Waals surface area contributed by atoms with Gasteiger partial charge in [-0.2, -0.15) is 5.26 Å². The van der Waals surface area contributed by atoms with E-state index in [1.165, 1.54) is 11.8 Å². The van der Waals surface area contributed by atoms with Gasteiger partial charge >= 0.3 is 0 Å². The third-order valence-corrected chi connectivity index (χ3v) is 3.69. The van der Waals surface area contributed by atoms with Crippen molar-refractivity contribution in [1.29, 1.82) is 5.26 Å². The van der Waals surface area contributed by atoms with E-state index in [-0.39, 0.29) is 0 Å². The van der Waals surface area contributed by atoms with E-state index in [2.05, 4.69) is 25.9 Å². The maximum absolute atomic E-state index is 8.62. The molecule has 0 aromatic carbocycles. The molecule has 0 unspecified atom stereocenters. The standard InChI is InChI=1S/C11H6BrN3S/c12-10-2-1-5-14-11(10)16-9-4-3-8(6-13)15-7-9/h1-5,7H. The molecule has 16 heavy (non-hydrogen) atoms. The summed E-state index contributed by atoms with van der Waals surface area (Å²) in [5.41, 5.74) is 0.421. The van der Waals surface area contributed by atoms with E-state index in [4.69, 9.17) is 5.26 Å². The highest BCUT2D eigenvalue weighted by molar-refractivity contribution is 9.10. The quantitative estimate of drug-likeness (QED) is 0.852.